The molecule has 1 aromatic rings. The smallest absolute Gasteiger partial charge is 0.231 e. The number of halogens is 1. The minimum atomic E-state index is -1.45. The highest BCUT2D eigenvalue weighted by atomic mass is 19.1. The van der Waals surface area contributed by atoms with Crippen molar-refractivity contribution in [3.8, 4) is 11.5 Å². The molecular formula is C14H17FO3. The molecule has 1 aliphatic heterocycles. The Balaban J connectivity index is 2.50. The first-order valence-electron chi connectivity index (χ1n) is 6.00. The molecule has 1 aliphatic rings. The van der Waals surface area contributed by atoms with Gasteiger partial charge in [-0.15, -0.1) is 0 Å². The molecule has 1 aromatic carbocycles. The summed E-state index contributed by atoms with van der Waals surface area (Å²) in [6.45, 7) is 5.06. The van der Waals surface area contributed by atoms with Crippen LogP contribution >= 0.6 is 0 Å². The number of aldehydes is 1. The number of carbonyl (C=O) groups excluding carboxylic acids is 1. The van der Waals surface area contributed by atoms with Crippen LogP contribution < -0.4 is 9.47 Å². The minimum absolute atomic E-state index is 0.0137. The number of rotatable bonds is 4. The van der Waals surface area contributed by atoms with Gasteiger partial charge in [0.15, 0.2) is 11.5 Å². The Bertz CT molecular complexity index is 463. The lowest BCUT2D eigenvalue weighted by atomic mass is 9.91. The molecule has 0 radical (unpaired) electrons. The van der Waals surface area contributed by atoms with Gasteiger partial charge in [-0.1, -0.05) is 6.92 Å². The van der Waals surface area contributed by atoms with Crippen LogP contribution in [0.4, 0.5) is 4.39 Å². The van der Waals surface area contributed by atoms with E-state index in [0.717, 1.165) is 11.8 Å². The van der Waals surface area contributed by atoms with E-state index in [1.807, 2.05) is 6.92 Å². The summed E-state index contributed by atoms with van der Waals surface area (Å²) in [5, 5.41) is 0. The van der Waals surface area contributed by atoms with Crippen molar-refractivity contribution < 1.29 is 18.7 Å². The normalized spacial score (nSPS) is 15.6. The van der Waals surface area contributed by atoms with Crippen molar-refractivity contribution in [2.75, 3.05) is 6.79 Å². The van der Waals surface area contributed by atoms with Gasteiger partial charge in [0.2, 0.25) is 6.79 Å². The lowest BCUT2D eigenvalue weighted by Gasteiger charge is -2.19. The molecule has 4 heteroatoms. The van der Waals surface area contributed by atoms with Gasteiger partial charge < -0.3 is 14.3 Å². The molecule has 1 heterocycles. The Morgan fingerprint density at radius 1 is 1.44 bits per heavy atom. The predicted octanol–water partition coefficient (Wildman–Crippen LogP) is 3.31. The lowest BCUT2D eigenvalue weighted by molar-refractivity contribution is -0.108. The molecule has 0 amide bonds. The van der Waals surface area contributed by atoms with E-state index in [2.05, 4.69) is 0 Å². The van der Waals surface area contributed by atoms with Crippen molar-refractivity contribution in [3.05, 3.63) is 23.3 Å². The molecule has 0 spiro atoms. The molecule has 0 N–H and O–H groups in total. The Morgan fingerprint density at radius 2 is 2.17 bits per heavy atom. The van der Waals surface area contributed by atoms with E-state index >= 15 is 0 Å². The minimum Gasteiger partial charge on any atom is -0.454 e. The molecule has 0 bridgehead atoms. The highest BCUT2D eigenvalue weighted by Crippen LogP contribution is 2.43. The Kier molecular flexibility index (Phi) is 3.28. The molecule has 18 heavy (non-hydrogen) atoms. The molecule has 1 unspecified atom stereocenters. The number of carbonyl (C=O) groups is 1. The monoisotopic (exact) mass is 252 g/mol. The first kappa shape index (κ1) is 12.9. The molecule has 1 atom stereocenters. The summed E-state index contributed by atoms with van der Waals surface area (Å²) < 4.78 is 24.8. The maximum absolute atomic E-state index is 14.1. The average molecular weight is 252 g/mol. The van der Waals surface area contributed by atoms with Gasteiger partial charge in [0, 0.05) is 12.0 Å². The highest BCUT2D eigenvalue weighted by Gasteiger charge is 2.27. The summed E-state index contributed by atoms with van der Waals surface area (Å²) in [6, 6.07) is 3.43. The fourth-order valence-corrected chi connectivity index (χ4v) is 2.02. The Morgan fingerprint density at radius 3 is 2.78 bits per heavy atom. The van der Waals surface area contributed by atoms with E-state index in [4.69, 9.17) is 9.47 Å². The van der Waals surface area contributed by atoms with Crippen molar-refractivity contribution in [2.45, 2.75) is 38.8 Å². The van der Waals surface area contributed by atoms with Crippen LogP contribution in [0.3, 0.4) is 0 Å². The highest BCUT2D eigenvalue weighted by molar-refractivity contribution is 5.57. The third-order valence-electron chi connectivity index (χ3n) is 3.17. The zero-order chi connectivity index (χ0) is 13.3. The van der Waals surface area contributed by atoms with Crippen LogP contribution in [-0.2, 0) is 10.5 Å². The van der Waals surface area contributed by atoms with Crippen LogP contribution in [0, 0.1) is 0 Å². The molecule has 0 saturated heterocycles. The van der Waals surface area contributed by atoms with Crippen LogP contribution in [-0.4, -0.2) is 13.1 Å². The van der Waals surface area contributed by atoms with E-state index in [1.54, 1.807) is 12.1 Å². The van der Waals surface area contributed by atoms with Gasteiger partial charge in [-0.25, -0.2) is 4.39 Å². The van der Waals surface area contributed by atoms with Gasteiger partial charge >= 0.3 is 0 Å². The van der Waals surface area contributed by atoms with Gasteiger partial charge in [-0.3, -0.25) is 0 Å². The number of hydrogen-bond acceptors (Lipinski definition) is 3. The first-order valence-corrected chi connectivity index (χ1v) is 6.00. The van der Waals surface area contributed by atoms with Crippen molar-refractivity contribution in [2.24, 2.45) is 0 Å². The second-order valence-electron chi connectivity index (χ2n) is 5.08. The summed E-state index contributed by atoms with van der Waals surface area (Å²) in [6.07, 6.45) is 1.24. The fourth-order valence-electron chi connectivity index (χ4n) is 2.02. The average Bonchev–Trinajstić information content (AvgIpc) is 2.74. The van der Waals surface area contributed by atoms with Crippen molar-refractivity contribution >= 4 is 6.29 Å². The van der Waals surface area contributed by atoms with Crippen molar-refractivity contribution in [1.82, 2.24) is 0 Å². The quantitative estimate of drug-likeness (QED) is 0.771. The van der Waals surface area contributed by atoms with Gasteiger partial charge in [0.05, 0.1) is 0 Å². The molecule has 2 rings (SSSR count). The largest absolute Gasteiger partial charge is 0.454 e. The van der Waals surface area contributed by atoms with E-state index in [1.165, 1.54) is 13.8 Å². The van der Waals surface area contributed by atoms with E-state index in [0.29, 0.717) is 23.5 Å². The van der Waals surface area contributed by atoms with Crippen molar-refractivity contribution in [1.29, 1.82) is 0 Å². The molecule has 0 saturated carbocycles. The summed E-state index contributed by atoms with van der Waals surface area (Å²) >= 11 is 0. The summed E-state index contributed by atoms with van der Waals surface area (Å²) in [7, 11) is 0. The number of alkyl halides is 1. The lowest BCUT2D eigenvalue weighted by Crippen LogP contribution is -2.10. The van der Waals surface area contributed by atoms with Crippen LogP contribution in [0.15, 0.2) is 12.1 Å². The third-order valence-corrected chi connectivity index (χ3v) is 3.17. The van der Waals surface area contributed by atoms with Gasteiger partial charge in [0.1, 0.15) is 12.0 Å². The molecule has 0 aliphatic carbocycles. The van der Waals surface area contributed by atoms with E-state index < -0.39 is 5.67 Å². The van der Waals surface area contributed by atoms with Crippen LogP contribution in [0.5, 0.6) is 11.5 Å². The molecule has 0 aromatic heterocycles. The maximum Gasteiger partial charge on any atom is 0.231 e. The topological polar surface area (TPSA) is 35.5 Å². The number of hydrogen-bond donors (Lipinski definition) is 0. The van der Waals surface area contributed by atoms with Gasteiger partial charge in [-0.2, -0.15) is 0 Å². The SMILES string of the molecule is CC(CC=O)c1cc(C(C)(C)F)cc2c1OCO2. The maximum atomic E-state index is 14.1. The third kappa shape index (κ3) is 2.33. The van der Waals surface area contributed by atoms with E-state index in [-0.39, 0.29) is 12.7 Å². The molecule has 98 valence electrons. The van der Waals surface area contributed by atoms with Gasteiger partial charge in [0.25, 0.3) is 0 Å². The van der Waals surface area contributed by atoms with Gasteiger partial charge in [-0.05, 0) is 37.5 Å². The first-order chi connectivity index (χ1) is 8.43. The number of fused-ring (bicyclic) bond motifs is 1. The summed E-state index contributed by atoms with van der Waals surface area (Å²) in [5.74, 6) is 1.18. The zero-order valence-corrected chi connectivity index (χ0v) is 10.8. The fraction of sp³-hybridized carbons (Fsp3) is 0.500. The van der Waals surface area contributed by atoms with E-state index in [9.17, 15) is 9.18 Å². The Labute approximate surface area is 106 Å². The summed E-state index contributed by atoms with van der Waals surface area (Å²) in [5.41, 5.74) is -0.0753. The van der Waals surface area contributed by atoms with Crippen molar-refractivity contribution in [3.63, 3.8) is 0 Å². The molecular weight excluding hydrogens is 235 g/mol. The molecule has 3 nitrogen and oxygen atoms in total. The van der Waals surface area contributed by atoms with Crippen LogP contribution in [0.25, 0.3) is 0 Å². The number of benzene rings is 1. The summed E-state index contributed by atoms with van der Waals surface area (Å²) in [4.78, 5) is 10.6. The predicted molar refractivity (Wildman–Crippen MR) is 65.8 cm³/mol. The second-order valence-corrected chi connectivity index (χ2v) is 5.08. The Hall–Kier alpha value is -1.58. The zero-order valence-electron chi connectivity index (χ0n) is 10.8. The van der Waals surface area contributed by atoms with Crippen LogP contribution in [0.1, 0.15) is 44.2 Å². The number of ether oxygens (including phenoxy) is 2. The molecule has 0 fully saturated rings. The van der Waals surface area contributed by atoms with Crippen LogP contribution in [0.2, 0.25) is 0 Å². The standard InChI is InChI=1S/C14H17FO3/c1-9(4-5-16)11-6-10(14(2,3)15)7-12-13(11)18-8-17-12/h5-7,9H,4,8H2,1-3H3. The second kappa shape index (κ2) is 4.59.